The fourth-order valence-electron chi connectivity index (χ4n) is 4.32. The van der Waals surface area contributed by atoms with Gasteiger partial charge in [-0.15, -0.1) is 0 Å². The molecule has 0 spiro atoms. The molecule has 1 heterocycles. The molecule has 0 fully saturated rings. The first-order valence-corrected chi connectivity index (χ1v) is 10.2. The van der Waals surface area contributed by atoms with Gasteiger partial charge in [0, 0.05) is 21.6 Å². The molecule has 0 aliphatic heterocycles. The van der Waals surface area contributed by atoms with Crippen LogP contribution in [0.2, 0.25) is 5.02 Å². The topological polar surface area (TPSA) is 15.8 Å². The summed E-state index contributed by atoms with van der Waals surface area (Å²) >= 11 is 6.21. The van der Waals surface area contributed by atoms with Crippen LogP contribution in [0.1, 0.15) is 82.9 Å². The Morgan fingerprint density at radius 1 is 1.17 bits per heavy atom. The Labute approximate surface area is 152 Å². The number of nitrogens with one attached hydrogen (secondary N) is 1. The number of hydrogen-bond donors (Lipinski definition) is 1. The number of benzene rings is 1. The van der Waals surface area contributed by atoms with Crippen LogP contribution in [0, 0.1) is 11.8 Å². The van der Waals surface area contributed by atoms with Crippen LogP contribution in [0.5, 0.6) is 0 Å². The molecule has 0 saturated carbocycles. The van der Waals surface area contributed by atoms with Gasteiger partial charge >= 0.3 is 0 Å². The molecule has 0 saturated heterocycles. The molecule has 2 atom stereocenters. The van der Waals surface area contributed by atoms with Crippen LogP contribution in [0.4, 0.5) is 0 Å². The van der Waals surface area contributed by atoms with Crippen LogP contribution in [-0.4, -0.2) is 4.98 Å². The highest BCUT2D eigenvalue weighted by Gasteiger charge is 2.24. The molecule has 0 bridgehead atoms. The summed E-state index contributed by atoms with van der Waals surface area (Å²) in [7, 11) is 0. The minimum absolute atomic E-state index is 0.715. The van der Waals surface area contributed by atoms with Crippen LogP contribution in [0.15, 0.2) is 18.2 Å². The lowest BCUT2D eigenvalue weighted by molar-refractivity contribution is 0.394. The van der Waals surface area contributed by atoms with E-state index >= 15 is 0 Å². The summed E-state index contributed by atoms with van der Waals surface area (Å²) < 4.78 is 0. The van der Waals surface area contributed by atoms with Crippen molar-refractivity contribution in [3.8, 4) is 0 Å². The molecule has 132 valence electrons. The third-order valence-electron chi connectivity index (χ3n) is 5.78. The molecule has 2 aromatic rings. The first kappa shape index (κ1) is 17.9. The maximum atomic E-state index is 6.21. The zero-order chi connectivity index (χ0) is 17.1. The number of fused-ring (bicyclic) bond motifs is 3. The summed E-state index contributed by atoms with van der Waals surface area (Å²) in [6.45, 7) is 7.10. The number of rotatable bonds is 7. The highest BCUT2D eigenvalue weighted by Crippen LogP contribution is 2.39. The Kier molecular flexibility index (Phi) is 5.92. The molecule has 1 nitrogen and oxygen atoms in total. The number of hydrogen-bond acceptors (Lipinski definition) is 0. The van der Waals surface area contributed by atoms with Crippen LogP contribution in [-0.2, 0) is 6.42 Å². The van der Waals surface area contributed by atoms with Crippen molar-refractivity contribution < 1.29 is 0 Å². The maximum absolute atomic E-state index is 6.21. The normalized spacial score (nSPS) is 19.0. The Balaban J connectivity index is 1.63. The van der Waals surface area contributed by atoms with Gasteiger partial charge < -0.3 is 4.98 Å². The zero-order valence-corrected chi connectivity index (χ0v) is 16.3. The summed E-state index contributed by atoms with van der Waals surface area (Å²) in [6, 6.07) is 6.28. The van der Waals surface area contributed by atoms with Crippen molar-refractivity contribution >= 4 is 22.5 Å². The SMILES string of the molecule is CC(C)CCCC(C)CCC1CCCc2c1[nH]c1ccc(Cl)cc21. The largest absolute Gasteiger partial charge is 0.358 e. The molecule has 2 heteroatoms. The van der Waals surface area contributed by atoms with Crippen molar-refractivity contribution in [2.45, 2.75) is 78.1 Å². The lowest BCUT2D eigenvalue weighted by Gasteiger charge is -2.24. The van der Waals surface area contributed by atoms with E-state index in [-0.39, 0.29) is 0 Å². The quantitative estimate of drug-likeness (QED) is 0.535. The first-order chi connectivity index (χ1) is 11.5. The highest BCUT2D eigenvalue weighted by atomic mass is 35.5. The molecule has 1 aromatic heterocycles. The number of aromatic nitrogens is 1. The maximum Gasteiger partial charge on any atom is 0.0460 e. The third kappa shape index (κ3) is 4.17. The standard InChI is InChI=1S/C22H32ClN/c1-15(2)6-4-7-16(3)10-11-17-8-5-9-19-20-14-18(23)12-13-21(20)24-22(17)19/h12-17,24H,4-11H2,1-3H3. The second-order valence-corrected chi connectivity index (χ2v) is 8.74. The second kappa shape index (κ2) is 7.95. The van der Waals surface area contributed by atoms with Crippen LogP contribution >= 0.6 is 11.6 Å². The summed E-state index contributed by atoms with van der Waals surface area (Å²) in [5.41, 5.74) is 4.31. The van der Waals surface area contributed by atoms with E-state index in [1.54, 1.807) is 0 Å². The molecule has 24 heavy (non-hydrogen) atoms. The van der Waals surface area contributed by atoms with Gasteiger partial charge in [-0.05, 0) is 67.2 Å². The second-order valence-electron chi connectivity index (χ2n) is 8.30. The van der Waals surface area contributed by atoms with E-state index in [0.29, 0.717) is 5.92 Å². The summed E-state index contributed by atoms with van der Waals surface area (Å²) in [5.74, 6) is 2.41. The van der Waals surface area contributed by atoms with E-state index in [9.17, 15) is 0 Å². The van der Waals surface area contributed by atoms with Crippen LogP contribution < -0.4 is 0 Å². The summed E-state index contributed by atoms with van der Waals surface area (Å²) in [5, 5.41) is 2.21. The van der Waals surface area contributed by atoms with Gasteiger partial charge in [-0.2, -0.15) is 0 Å². The molecule has 3 rings (SSSR count). The van der Waals surface area contributed by atoms with Gasteiger partial charge in [0.1, 0.15) is 0 Å². The number of halogens is 1. The molecule has 1 aromatic carbocycles. The Morgan fingerprint density at radius 3 is 2.79 bits per heavy atom. The van der Waals surface area contributed by atoms with Gasteiger partial charge in [0.05, 0.1) is 0 Å². The minimum Gasteiger partial charge on any atom is -0.358 e. The zero-order valence-electron chi connectivity index (χ0n) is 15.5. The van der Waals surface area contributed by atoms with E-state index in [4.69, 9.17) is 11.6 Å². The number of H-pyrrole nitrogens is 1. The third-order valence-corrected chi connectivity index (χ3v) is 6.01. The predicted molar refractivity (Wildman–Crippen MR) is 106 cm³/mol. The van der Waals surface area contributed by atoms with Gasteiger partial charge in [-0.1, -0.05) is 58.1 Å². The molecule has 1 aliphatic carbocycles. The highest BCUT2D eigenvalue weighted by molar-refractivity contribution is 6.31. The van der Waals surface area contributed by atoms with Crippen molar-refractivity contribution in [2.75, 3.05) is 0 Å². The molecule has 1 N–H and O–H groups in total. The van der Waals surface area contributed by atoms with Gasteiger partial charge in [0.2, 0.25) is 0 Å². The average Bonchev–Trinajstić information content (AvgIpc) is 2.91. The van der Waals surface area contributed by atoms with E-state index in [1.165, 1.54) is 73.5 Å². The molecule has 0 radical (unpaired) electrons. The van der Waals surface area contributed by atoms with E-state index < -0.39 is 0 Å². The number of aryl methyl sites for hydroxylation is 1. The lowest BCUT2D eigenvalue weighted by atomic mass is 9.82. The fourth-order valence-corrected chi connectivity index (χ4v) is 4.49. The van der Waals surface area contributed by atoms with Gasteiger partial charge in [-0.25, -0.2) is 0 Å². The molecular weight excluding hydrogens is 314 g/mol. The fraction of sp³-hybridized carbons (Fsp3) is 0.636. The molecule has 2 unspecified atom stereocenters. The van der Waals surface area contributed by atoms with Crippen molar-refractivity contribution in [1.82, 2.24) is 4.98 Å². The van der Waals surface area contributed by atoms with Crippen molar-refractivity contribution in [1.29, 1.82) is 0 Å². The summed E-state index contributed by atoms with van der Waals surface area (Å²) in [6.07, 6.45) is 10.7. The van der Waals surface area contributed by atoms with Crippen molar-refractivity contribution in [3.05, 3.63) is 34.5 Å². The van der Waals surface area contributed by atoms with Crippen LogP contribution in [0.3, 0.4) is 0 Å². The summed E-state index contributed by atoms with van der Waals surface area (Å²) in [4.78, 5) is 3.72. The van der Waals surface area contributed by atoms with Gasteiger partial charge in [0.15, 0.2) is 0 Å². The Bertz CT molecular complexity index is 670. The Morgan fingerprint density at radius 2 is 2.00 bits per heavy atom. The molecular formula is C22H32ClN. The Hall–Kier alpha value is -0.950. The van der Waals surface area contributed by atoms with Crippen molar-refractivity contribution in [2.24, 2.45) is 11.8 Å². The van der Waals surface area contributed by atoms with Gasteiger partial charge in [-0.3, -0.25) is 0 Å². The average molecular weight is 346 g/mol. The van der Waals surface area contributed by atoms with Crippen molar-refractivity contribution in [3.63, 3.8) is 0 Å². The van der Waals surface area contributed by atoms with E-state index in [0.717, 1.165) is 16.9 Å². The molecule has 1 aliphatic rings. The molecule has 0 amide bonds. The monoisotopic (exact) mass is 345 g/mol. The van der Waals surface area contributed by atoms with E-state index in [2.05, 4.69) is 37.9 Å². The minimum atomic E-state index is 0.715. The first-order valence-electron chi connectivity index (χ1n) is 9.84. The van der Waals surface area contributed by atoms with Gasteiger partial charge in [0.25, 0.3) is 0 Å². The smallest absolute Gasteiger partial charge is 0.0460 e. The van der Waals surface area contributed by atoms with E-state index in [1.807, 2.05) is 6.07 Å². The van der Waals surface area contributed by atoms with Crippen LogP contribution in [0.25, 0.3) is 10.9 Å². The number of aromatic amines is 1. The lowest BCUT2D eigenvalue weighted by Crippen LogP contribution is -2.10. The predicted octanol–water partition coefficient (Wildman–Crippen LogP) is 7.48.